The monoisotopic (exact) mass is 338 g/mol. The number of nitrogens with zero attached hydrogens (tertiary/aromatic N) is 2. The molecule has 0 bridgehead atoms. The maximum Gasteiger partial charge on any atom is 0.396 e. The predicted octanol–water partition coefficient (Wildman–Crippen LogP) is 3.41. The number of aromatic nitrogens is 2. The van der Waals surface area contributed by atoms with Crippen LogP contribution in [0.2, 0.25) is 0 Å². The first-order chi connectivity index (χ1) is 10.5. The van der Waals surface area contributed by atoms with Gasteiger partial charge in [-0.05, 0) is 19.8 Å². The normalized spacial score (nSPS) is 17.7. The van der Waals surface area contributed by atoms with Crippen molar-refractivity contribution in [3.63, 3.8) is 0 Å². The predicted molar refractivity (Wildman–Crippen MR) is 71.8 cm³/mol. The van der Waals surface area contributed by atoms with Gasteiger partial charge in [0.1, 0.15) is 0 Å². The molecule has 1 aromatic heterocycles. The van der Waals surface area contributed by atoms with Gasteiger partial charge in [0.15, 0.2) is 5.69 Å². The maximum absolute atomic E-state index is 13.0. The van der Waals surface area contributed by atoms with Gasteiger partial charge in [-0.1, -0.05) is 0 Å². The van der Waals surface area contributed by atoms with Gasteiger partial charge < -0.3 is 9.47 Å². The minimum Gasteiger partial charge on any atom is -0.461 e. The number of esters is 1. The van der Waals surface area contributed by atoms with Gasteiger partial charge in [-0.15, -0.1) is 5.10 Å². The molecule has 1 heterocycles. The highest BCUT2D eigenvalue weighted by Gasteiger charge is 2.46. The third-order valence-electron chi connectivity index (χ3n) is 3.50. The van der Waals surface area contributed by atoms with E-state index in [4.69, 9.17) is 4.74 Å². The molecule has 0 aliphatic heterocycles. The fourth-order valence-corrected chi connectivity index (χ4v) is 2.54. The summed E-state index contributed by atoms with van der Waals surface area (Å²) in [7, 11) is 0. The Morgan fingerprint density at radius 3 is 2.52 bits per heavy atom. The Morgan fingerprint density at radius 2 is 2.04 bits per heavy atom. The lowest BCUT2D eigenvalue weighted by atomic mass is 9.81. The standard InChI is InChI=1S/C14H18F4N2O3/c1-4-22-12(21)10-8(2)11(23-13(3,15)16)19-20(10)7-9-5-14(17,18)6-9/h9H,4-7H2,1-3H3. The fraction of sp³-hybridized carbons (Fsp3) is 0.714. The second kappa shape index (κ2) is 6.01. The average Bonchev–Trinajstić information content (AvgIpc) is 2.62. The number of hydrogen-bond acceptors (Lipinski definition) is 4. The number of carbonyl (C=O) groups excluding carboxylic acids is 1. The van der Waals surface area contributed by atoms with Crippen LogP contribution in [0.3, 0.4) is 0 Å². The molecule has 0 atom stereocenters. The van der Waals surface area contributed by atoms with Crippen LogP contribution in [0.5, 0.6) is 5.88 Å². The van der Waals surface area contributed by atoms with Gasteiger partial charge in [0.2, 0.25) is 11.8 Å². The highest BCUT2D eigenvalue weighted by Crippen LogP contribution is 2.43. The minimum absolute atomic E-state index is 0.0171. The van der Waals surface area contributed by atoms with Crippen molar-refractivity contribution in [2.75, 3.05) is 6.61 Å². The Kier molecular flexibility index (Phi) is 4.59. The van der Waals surface area contributed by atoms with E-state index < -0.39 is 23.9 Å². The van der Waals surface area contributed by atoms with E-state index in [1.54, 1.807) is 6.92 Å². The molecule has 1 aromatic rings. The minimum atomic E-state index is -3.47. The molecule has 0 aromatic carbocycles. The number of rotatable bonds is 6. The summed E-state index contributed by atoms with van der Waals surface area (Å²) in [5.74, 6) is -4.26. The van der Waals surface area contributed by atoms with Crippen LogP contribution in [0, 0.1) is 12.8 Å². The smallest absolute Gasteiger partial charge is 0.396 e. The number of alkyl halides is 4. The van der Waals surface area contributed by atoms with Gasteiger partial charge in [0.25, 0.3) is 0 Å². The van der Waals surface area contributed by atoms with E-state index in [1.165, 1.54) is 6.92 Å². The lowest BCUT2D eigenvalue weighted by Crippen LogP contribution is -2.38. The SMILES string of the molecule is CCOC(=O)c1c(C)c(OC(C)(F)F)nn1CC1CC(F)(F)C1. The molecule has 5 nitrogen and oxygen atoms in total. The molecule has 1 aliphatic carbocycles. The molecule has 0 unspecified atom stereocenters. The van der Waals surface area contributed by atoms with Crippen LogP contribution in [-0.2, 0) is 11.3 Å². The van der Waals surface area contributed by atoms with Gasteiger partial charge >= 0.3 is 12.1 Å². The molecular weight excluding hydrogens is 320 g/mol. The summed E-state index contributed by atoms with van der Waals surface area (Å²) >= 11 is 0. The van der Waals surface area contributed by atoms with Crippen molar-refractivity contribution < 1.29 is 31.8 Å². The molecule has 0 radical (unpaired) electrons. The van der Waals surface area contributed by atoms with Crippen LogP contribution in [0.4, 0.5) is 17.6 Å². The van der Waals surface area contributed by atoms with E-state index in [0.717, 1.165) is 4.68 Å². The molecule has 0 N–H and O–H groups in total. The Hall–Kier alpha value is -1.80. The highest BCUT2D eigenvalue weighted by molar-refractivity contribution is 5.89. The zero-order valence-corrected chi connectivity index (χ0v) is 13.0. The molecular formula is C14H18F4N2O3. The van der Waals surface area contributed by atoms with Crippen LogP contribution < -0.4 is 4.74 Å². The van der Waals surface area contributed by atoms with Crippen molar-refractivity contribution in [3.05, 3.63) is 11.3 Å². The summed E-state index contributed by atoms with van der Waals surface area (Å²) in [5, 5.41) is 3.84. The van der Waals surface area contributed by atoms with Crippen molar-refractivity contribution in [3.8, 4) is 5.88 Å². The van der Waals surface area contributed by atoms with Gasteiger partial charge in [0, 0.05) is 31.9 Å². The lowest BCUT2D eigenvalue weighted by Gasteiger charge is -2.34. The van der Waals surface area contributed by atoms with E-state index in [9.17, 15) is 22.4 Å². The zero-order chi connectivity index (χ0) is 17.4. The summed E-state index contributed by atoms with van der Waals surface area (Å²) in [4.78, 5) is 12.0. The van der Waals surface area contributed by atoms with Crippen LogP contribution >= 0.6 is 0 Å². The molecule has 130 valence electrons. The average molecular weight is 338 g/mol. The summed E-state index contributed by atoms with van der Waals surface area (Å²) in [6.07, 6.45) is -4.12. The highest BCUT2D eigenvalue weighted by atomic mass is 19.3. The summed E-state index contributed by atoms with van der Waals surface area (Å²) in [6, 6.07) is 0. The number of halogens is 4. The Labute approximate surface area is 130 Å². The van der Waals surface area contributed by atoms with Crippen molar-refractivity contribution in [2.45, 2.75) is 52.2 Å². The quantitative estimate of drug-likeness (QED) is 0.589. The summed E-state index contributed by atoms with van der Waals surface area (Å²) < 4.78 is 62.4. The van der Waals surface area contributed by atoms with E-state index in [-0.39, 0.29) is 43.2 Å². The summed E-state index contributed by atoms with van der Waals surface area (Å²) in [5.41, 5.74) is 0.0392. The molecule has 23 heavy (non-hydrogen) atoms. The van der Waals surface area contributed by atoms with E-state index in [0.29, 0.717) is 6.92 Å². The van der Waals surface area contributed by atoms with Gasteiger partial charge in [-0.3, -0.25) is 4.68 Å². The van der Waals surface area contributed by atoms with Crippen molar-refractivity contribution in [1.29, 1.82) is 0 Å². The number of hydrogen-bond donors (Lipinski definition) is 0. The van der Waals surface area contributed by atoms with E-state index in [1.807, 2.05) is 0 Å². The van der Waals surface area contributed by atoms with Crippen LogP contribution in [0.25, 0.3) is 0 Å². The third kappa shape index (κ3) is 4.14. The molecule has 9 heteroatoms. The Bertz CT molecular complexity index is 588. The second-order valence-corrected chi connectivity index (χ2v) is 5.72. The van der Waals surface area contributed by atoms with Crippen molar-refractivity contribution >= 4 is 5.97 Å². The Morgan fingerprint density at radius 1 is 1.43 bits per heavy atom. The molecule has 1 saturated carbocycles. The summed E-state index contributed by atoms with van der Waals surface area (Å²) in [6.45, 7) is 3.64. The van der Waals surface area contributed by atoms with E-state index >= 15 is 0 Å². The first kappa shape index (κ1) is 17.6. The molecule has 0 amide bonds. The molecule has 0 saturated heterocycles. The van der Waals surface area contributed by atoms with Gasteiger partial charge in [-0.2, -0.15) is 8.78 Å². The van der Waals surface area contributed by atoms with E-state index in [2.05, 4.69) is 9.84 Å². The first-order valence-corrected chi connectivity index (χ1v) is 7.21. The Balaban J connectivity index is 2.27. The lowest BCUT2D eigenvalue weighted by molar-refractivity contribution is -0.161. The van der Waals surface area contributed by atoms with Crippen LogP contribution in [-0.4, -0.2) is 34.4 Å². The molecule has 0 spiro atoms. The third-order valence-corrected chi connectivity index (χ3v) is 3.50. The second-order valence-electron chi connectivity index (χ2n) is 5.72. The number of carbonyl (C=O) groups is 1. The van der Waals surface area contributed by atoms with Gasteiger partial charge in [0.05, 0.1) is 6.61 Å². The van der Waals surface area contributed by atoms with Crippen molar-refractivity contribution in [1.82, 2.24) is 9.78 Å². The fourth-order valence-electron chi connectivity index (χ4n) is 2.54. The molecule has 1 fully saturated rings. The van der Waals surface area contributed by atoms with Gasteiger partial charge in [-0.25, -0.2) is 13.6 Å². The number of ether oxygens (including phenoxy) is 2. The van der Waals surface area contributed by atoms with Crippen LogP contribution in [0.1, 0.15) is 42.7 Å². The topological polar surface area (TPSA) is 53.4 Å². The molecule has 1 aliphatic rings. The van der Waals surface area contributed by atoms with Crippen LogP contribution in [0.15, 0.2) is 0 Å². The first-order valence-electron chi connectivity index (χ1n) is 7.21. The molecule has 2 rings (SSSR count). The zero-order valence-electron chi connectivity index (χ0n) is 13.0. The maximum atomic E-state index is 13.0. The van der Waals surface area contributed by atoms with Crippen molar-refractivity contribution in [2.24, 2.45) is 5.92 Å². The largest absolute Gasteiger partial charge is 0.461 e.